The van der Waals surface area contributed by atoms with E-state index >= 15 is 0 Å². The van der Waals surface area contributed by atoms with E-state index in [1.807, 2.05) is 23.9 Å². The first-order chi connectivity index (χ1) is 7.63. The number of nitrogens with two attached hydrogens (primary N) is 1. The van der Waals surface area contributed by atoms with E-state index in [0.717, 1.165) is 34.1 Å². The third-order valence-corrected chi connectivity index (χ3v) is 4.50. The van der Waals surface area contributed by atoms with Crippen LogP contribution in [0.3, 0.4) is 0 Å². The number of ether oxygens (including phenoxy) is 1. The Morgan fingerprint density at radius 2 is 2.25 bits per heavy atom. The highest BCUT2D eigenvalue weighted by molar-refractivity contribution is 7.99. The molecule has 4 heteroatoms. The third kappa shape index (κ3) is 2.17. The van der Waals surface area contributed by atoms with Gasteiger partial charge in [-0.05, 0) is 24.1 Å². The average molecular weight is 258 g/mol. The highest BCUT2D eigenvalue weighted by Crippen LogP contribution is 2.41. The number of benzene rings is 1. The summed E-state index contributed by atoms with van der Waals surface area (Å²) in [4.78, 5) is 0. The van der Waals surface area contributed by atoms with E-state index < -0.39 is 0 Å². The molecule has 0 spiro atoms. The second kappa shape index (κ2) is 4.86. The highest BCUT2D eigenvalue weighted by atomic mass is 35.5. The second-order valence-corrected chi connectivity index (χ2v) is 5.94. The monoisotopic (exact) mass is 257 g/mol. The first-order valence-electron chi connectivity index (χ1n) is 5.36. The van der Waals surface area contributed by atoms with Crippen LogP contribution in [0, 0.1) is 0 Å². The number of methoxy groups -OCH3 is 1. The van der Waals surface area contributed by atoms with Crippen molar-refractivity contribution in [3.8, 4) is 5.75 Å². The van der Waals surface area contributed by atoms with Gasteiger partial charge in [0.15, 0.2) is 0 Å². The predicted molar refractivity (Wildman–Crippen MR) is 70.3 cm³/mol. The smallest absolute Gasteiger partial charge is 0.123 e. The van der Waals surface area contributed by atoms with Crippen molar-refractivity contribution in [2.24, 2.45) is 5.73 Å². The molecule has 16 heavy (non-hydrogen) atoms. The van der Waals surface area contributed by atoms with Crippen molar-refractivity contribution in [3.63, 3.8) is 0 Å². The van der Waals surface area contributed by atoms with Gasteiger partial charge in [0, 0.05) is 27.6 Å². The molecule has 0 aromatic heterocycles. The molecule has 0 amide bonds. The Morgan fingerprint density at radius 1 is 1.50 bits per heavy atom. The Bertz CT molecular complexity index is 397. The Balaban J connectivity index is 2.52. The molecule has 1 aromatic rings. The zero-order chi connectivity index (χ0) is 11.7. The SMILES string of the molecule is COc1ccc(Cl)c2c1CSC(C)CC2N. The summed E-state index contributed by atoms with van der Waals surface area (Å²) in [7, 11) is 1.69. The quantitative estimate of drug-likeness (QED) is 0.838. The van der Waals surface area contributed by atoms with E-state index in [1.54, 1.807) is 7.11 Å². The Morgan fingerprint density at radius 3 is 2.94 bits per heavy atom. The van der Waals surface area contributed by atoms with Crippen LogP contribution in [0.1, 0.15) is 30.5 Å². The van der Waals surface area contributed by atoms with E-state index in [4.69, 9.17) is 22.1 Å². The minimum Gasteiger partial charge on any atom is -0.496 e. The van der Waals surface area contributed by atoms with Crippen molar-refractivity contribution >= 4 is 23.4 Å². The maximum Gasteiger partial charge on any atom is 0.123 e. The molecule has 0 aliphatic carbocycles. The molecule has 2 atom stereocenters. The van der Waals surface area contributed by atoms with Crippen molar-refractivity contribution in [1.82, 2.24) is 0 Å². The first kappa shape index (κ1) is 12.1. The highest BCUT2D eigenvalue weighted by Gasteiger charge is 2.24. The van der Waals surface area contributed by atoms with Gasteiger partial charge in [0.1, 0.15) is 5.75 Å². The molecule has 0 bridgehead atoms. The van der Waals surface area contributed by atoms with E-state index in [-0.39, 0.29) is 6.04 Å². The van der Waals surface area contributed by atoms with Crippen LogP contribution in [-0.4, -0.2) is 12.4 Å². The zero-order valence-corrected chi connectivity index (χ0v) is 11.1. The molecule has 88 valence electrons. The van der Waals surface area contributed by atoms with Gasteiger partial charge in [-0.1, -0.05) is 18.5 Å². The molecule has 1 aliphatic rings. The number of rotatable bonds is 1. The fraction of sp³-hybridized carbons (Fsp3) is 0.500. The summed E-state index contributed by atoms with van der Waals surface area (Å²) in [6.45, 7) is 2.21. The average Bonchev–Trinajstić information content (AvgIpc) is 2.39. The maximum absolute atomic E-state index is 6.24. The van der Waals surface area contributed by atoms with Crippen molar-refractivity contribution in [3.05, 3.63) is 28.3 Å². The van der Waals surface area contributed by atoms with Crippen LogP contribution in [0.4, 0.5) is 0 Å². The molecule has 0 saturated carbocycles. The molecule has 2 unspecified atom stereocenters. The van der Waals surface area contributed by atoms with Crippen LogP contribution in [0.25, 0.3) is 0 Å². The lowest BCUT2D eigenvalue weighted by Crippen LogP contribution is -2.15. The maximum atomic E-state index is 6.24. The lowest BCUT2D eigenvalue weighted by Gasteiger charge is -2.17. The zero-order valence-electron chi connectivity index (χ0n) is 9.50. The second-order valence-electron chi connectivity index (χ2n) is 4.11. The molecule has 1 heterocycles. The van der Waals surface area contributed by atoms with Gasteiger partial charge in [-0.15, -0.1) is 0 Å². The minimum atomic E-state index is 0.0163. The molecular weight excluding hydrogens is 242 g/mol. The molecule has 2 nitrogen and oxygen atoms in total. The molecule has 0 radical (unpaired) electrons. The fourth-order valence-electron chi connectivity index (χ4n) is 2.13. The normalized spacial score (nSPS) is 24.8. The summed E-state index contributed by atoms with van der Waals surface area (Å²) >= 11 is 8.15. The molecular formula is C12H16ClNOS. The van der Waals surface area contributed by atoms with Crippen molar-refractivity contribution < 1.29 is 4.74 Å². The van der Waals surface area contributed by atoms with E-state index in [1.165, 1.54) is 0 Å². The number of halogens is 1. The van der Waals surface area contributed by atoms with Gasteiger partial charge in [0.2, 0.25) is 0 Å². The Hall–Kier alpha value is -0.380. The molecule has 2 N–H and O–H groups in total. The largest absolute Gasteiger partial charge is 0.496 e. The summed E-state index contributed by atoms with van der Waals surface area (Å²) in [5.74, 6) is 1.82. The van der Waals surface area contributed by atoms with Crippen LogP contribution in [0.15, 0.2) is 12.1 Å². The van der Waals surface area contributed by atoms with Crippen LogP contribution in [0.2, 0.25) is 5.02 Å². The molecule has 1 aliphatic heterocycles. The van der Waals surface area contributed by atoms with Crippen LogP contribution in [-0.2, 0) is 5.75 Å². The van der Waals surface area contributed by atoms with Crippen LogP contribution < -0.4 is 10.5 Å². The van der Waals surface area contributed by atoms with Gasteiger partial charge in [-0.25, -0.2) is 0 Å². The fourth-order valence-corrected chi connectivity index (χ4v) is 3.54. The molecule has 2 rings (SSSR count). The topological polar surface area (TPSA) is 35.2 Å². The first-order valence-corrected chi connectivity index (χ1v) is 6.78. The van der Waals surface area contributed by atoms with E-state index in [2.05, 4.69) is 6.92 Å². The van der Waals surface area contributed by atoms with E-state index in [9.17, 15) is 0 Å². The van der Waals surface area contributed by atoms with Crippen LogP contribution in [0.5, 0.6) is 5.75 Å². The van der Waals surface area contributed by atoms with Gasteiger partial charge in [0.25, 0.3) is 0 Å². The lowest BCUT2D eigenvalue weighted by molar-refractivity contribution is 0.410. The van der Waals surface area contributed by atoms with Gasteiger partial charge < -0.3 is 10.5 Å². The molecule has 0 fully saturated rings. The number of thioether (sulfide) groups is 1. The third-order valence-electron chi connectivity index (χ3n) is 2.95. The molecule has 0 saturated heterocycles. The van der Waals surface area contributed by atoms with Gasteiger partial charge in [0.05, 0.1) is 7.11 Å². The summed E-state index contributed by atoms with van der Waals surface area (Å²) in [5, 5.41) is 1.32. The summed E-state index contributed by atoms with van der Waals surface area (Å²) in [6, 6.07) is 3.81. The summed E-state index contributed by atoms with van der Waals surface area (Å²) in [5.41, 5.74) is 8.44. The van der Waals surface area contributed by atoms with Crippen molar-refractivity contribution in [2.45, 2.75) is 30.4 Å². The number of hydrogen-bond donors (Lipinski definition) is 1. The van der Waals surface area contributed by atoms with Crippen molar-refractivity contribution in [2.75, 3.05) is 7.11 Å². The summed E-state index contributed by atoms with van der Waals surface area (Å²) in [6.07, 6.45) is 0.963. The van der Waals surface area contributed by atoms with Gasteiger partial charge in [-0.2, -0.15) is 11.8 Å². The van der Waals surface area contributed by atoms with Gasteiger partial charge >= 0.3 is 0 Å². The molecule has 1 aromatic carbocycles. The van der Waals surface area contributed by atoms with Crippen molar-refractivity contribution in [1.29, 1.82) is 0 Å². The number of fused-ring (bicyclic) bond motifs is 1. The predicted octanol–water partition coefficient (Wildman–Crippen LogP) is 3.37. The Labute approximate surface area is 105 Å². The van der Waals surface area contributed by atoms with Gasteiger partial charge in [-0.3, -0.25) is 0 Å². The lowest BCUT2D eigenvalue weighted by atomic mass is 9.98. The minimum absolute atomic E-state index is 0.0163. The van der Waals surface area contributed by atoms with E-state index in [0.29, 0.717) is 5.25 Å². The Kier molecular flexibility index (Phi) is 3.67. The number of hydrogen-bond acceptors (Lipinski definition) is 3. The standard InChI is InChI=1S/C12H16ClNOS/c1-7-5-10(14)12-8(6-16-7)11(15-2)4-3-9(12)13/h3-4,7,10H,5-6,14H2,1-2H3. The summed E-state index contributed by atoms with van der Waals surface area (Å²) < 4.78 is 5.38. The van der Waals surface area contributed by atoms with Crippen LogP contribution >= 0.6 is 23.4 Å².